The summed E-state index contributed by atoms with van der Waals surface area (Å²) in [6, 6.07) is 14.3. The van der Waals surface area contributed by atoms with Gasteiger partial charge in [-0.1, -0.05) is 30.3 Å². The number of carbonyl (C=O) groups is 1. The van der Waals surface area contributed by atoms with Gasteiger partial charge in [-0.15, -0.1) is 0 Å². The number of hydrogen-bond donors (Lipinski definition) is 0. The van der Waals surface area contributed by atoms with Crippen molar-refractivity contribution in [2.75, 3.05) is 0 Å². The van der Waals surface area contributed by atoms with Crippen molar-refractivity contribution in [2.45, 2.75) is 4.90 Å². The van der Waals surface area contributed by atoms with Crippen molar-refractivity contribution in [1.29, 1.82) is 0 Å². The highest BCUT2D eigenvalue weighted by molar-refractivity contribution is 7.87. The molecule has 8 heteroatoms. The van der Waals surface area contributed by atoms with Gasteiger partial charge in [-0.05, 0) is 29.0 Å². The Morgan fingerprint density at radius 3 is 2.28 bits per heavy atom. The molecule has 0 aliphatic carbocycles. The van der Waals surface area contributed by atoms with Crippen LogP contribution in [0.2, 0.25) is 0 Å². The van der Waals surface area contributed by atoms with E-state index in [1.165, 1.54) is 6.07 Å². The summed E-state index contributed by atoms with van der Waals surface area (Å²) in [6.45, 7) is 0. The molecule has 0 saturated carbocycles. The van der Waals surface area contributed by atoms with E-state index in [0.717, 1.165) is 29.7 Å². The molecule has 3 aromatic carbocycles. The van der Waals surface area contributed by atoms with E-state index < -0.39 is 15.0 Å². The molecule has 0 saturated heterocycles. The quantitative estimate of drug-likeness (QED) is 0.300. The van der Waals surface area contributed by atoms with Crippen LogP contribution in [0, 0.1) is 10.1 Å². The van der Waals surface area contributed by atoms with Gasteiger partial charge in [0.15, 0.2) is 12.0 Å². The Morgan fingerprint density at radius 1 is 0.960 bits per heavy atom. The van der Waals surface area contributed by atoms with Crippen molar-refractivity contribution in [1.82, 2.24) is 0 Å². The number of benzene rings is 3. The van der Waals surface area contributed by atoms with Gasteiger partial charge in [-0.2, -0.15) is 8.42 Å². The molecule has 0 spiro atoms. The zero-order chi connectivity index (χ0) is 18.0. The number of fused-ring (bicyclic) bond motifs is 1. The third-order valence-electron chi connectivity index (χ3n) is 3.58. The van der Waals surface area contributed by atoms with E-state index in [0.29, 0.717) is 11.7 Å². The fourth-order valence-electron chi connectivity index (χ4n) is 2.37. The lowest BCUT2D eigenvalue weighted by atomic mass is 10.0. The van der Waals surface area contributed by atoms with Gasteiger partial charge in [0.1, 0.15) is 4.90 Å². The second-order valence-electron chi connectivity index (χ2n) is 5.10. The lowest BCUT2D eigenvalue weighted by molar-refractivity contribution is -0.384. The topological polar surface area (TPSA) is 104 Å². The summed E-state index contributed by atoms with van der Waals surface area (Å²) in [5, 5.41) is 12.0. The Kier molecular flexibility index (Phi) is 4.20. The number of hydrogen-bond acceptors (Lipinski definition) is 6. The molecule has 0 radical (unpaired) electrons. The number of rotatable bonds is 5. The average molecular weight is 357 g/mol. The highest BCUT2D eigenvalue weighted by Gasteiger charge is 2.20. The van der Waals surface area contributed by atoms with Gasteiger partial charge in [-0.25, -0.2) is 0 Å². The summed E-state index contributed by atoms with van der Waals surface area (Å²) in [7, 11) is -4.24. The second kappa shape index (κ2) is 6.33. The Hall–Kier alpha value is -3.26. The van der Waals surface area contributed by atoms with Gasteiger partial charge < -0.3 is 4.18 Å². The van der Waals surface area contributed by atoms with Crippen LogP contribution in [0.3, 0.4) is 0 Å². The standard InChI is InChI=1S/C17H11NO6S/c19-11-16-15-4-2-1-3-12(15)5-10-17(16)24-25(22,23)14-8-6-13(7-9-14)18(20)21/h1-11H. The molecule has 3 aromatic rings. The molecule has 0 amide bonds. The van der Waals surface area contributed by atoms with Crippen LogP contribution < -0.4 is 4.18 Å². The van der Waals surface area contributed by atoms with Crippen LogP contribution in [0.5, 0.6) is 5.75 Å². The molecular formula is C17H11NO6S. The molecule has 25 heavy (non-hydrogen) atoms. The minimum absolute atomic E-state index is 0.105. The van der Waals surface area contributed by atoms with E-state index in [1.54, 1.807) is 30.3 Å². The van der Waals surface area contributed by atoms with E-state index in [9.17, 15) is 23.3 Å². The second-order valence-corrected chi connectivity index (χ2v) is 6.65. The number of nitrogens with zero attached hydrogens (tertiary/aromatic N) is 1. The van der Waals surface area contributed by atoms with Crippen molar-refractivity contribution in [3.63, 3.8) is 0 Å². The predicted molar refractivity (Wildman–Crippen MR) is 90.2 cm³/mol. The van der Waals surface area contributed by atoms with Crippen molar-refractivity contribution in [2.24, 2.45) is 0 Å². The predicted octanol–water partition coefficient (Wildman–Crippen LogP) is 3.33. The monoisotopic (exact) mass is 357 g/mol. The summed E-state index contributed by atoms with van der Waals surface area (Å²) in [5.74, 6) is -0.105. The first-order valence-corrected chi connectivity index (χ1v) is 8.49. The molecule has 0 bridgehead atoms. The van der Waals surface area contributed by atoms with Crippen molar-refractivity contribution >= 4 is 32.9 Å². The van der Waals surface area contributed by atoms with Crippen LogP contribution in [-0.2, 0) is 10.1 Å². The Balaban J connectivity index is 2.02. The molecule has 3 rings (SSSR count). The normalized spacial score (nSPS) is 11.2. The maximum atomic E-state index is 12.4. The molecule has 0 atom stereocenters. The van der Waals surface area contributed by atoms with Crippen LogP contribution >= 0.6 is 0 Å². The lowest BCUT2D eigenvalue weighted by Crippen LogP contribution is -2.11. The van der Waals surface area contributed by atoms with Crippen molar-refractivity contribution < 1.29 is 22.3 Å². The van der Waals surface area contributed by atoms with Crippen molar-refractivity contribution in [3.05, 3.63) is 76.3 Å². The van der Waals surface area contributed by atoms with Crippen LogP contribution in [0.25, 0.3) is 10.8 Å². The zero-order valence-corrected chi connectivity index (χ0v) is 13.5. The molecule has 126 valence electrons. The average Bonchev–Trinajstić information content (AvgIpc) is 2.61. The summed E-state index contributed by atoms with van der Waals surface area (Å²) in [6.07, 6.45) is 0.531. The number of non-ortho nitro benzene ring substituents is 1. The number of carbonyl (C=O) groups excluding carboxylic acids is 1. The number of aldehydes is 1. The maximum Gasteiger partial charge on any atom is 0.339 e. The SMILES string of the molecule is O=Cc1c(OS(=O)(=O)c2ccc([N+](=O)[O-])cc2)ccc2ccccc12. The van der Waals surface area contributed by atoms with Gasteiger partial charge in [0.25, 0.3) is 5.69 Å². The van der Waals surface area contributed by atoms with Gasteiger partial charge in [0.05, 0.1) is 10.5 Å². The highest BCUT2D eigenvalue weighted by atomic mass is 32.2. The highest BCUT2D eigenvalue weighted by Crippen LogP contribution is 2.29. The molecule has 0 N–H and O–H groups in total. The zero-order valence-electron chi connectivity index (χ0n) is 12.7. The van der Waals surface area contributed by atoms with Gasteiger partial charge in [-0.3, -0.25) is 14.9 Å². The molecule has 0 fully saturated rings. The first-order chi connectivity index (χ1) is 11.9. The largest absolute Gasteiger partial charge is 0.378 e. The minimum atomic E-state index is -4.24. The van der Waals surface area contributed by atoms with E-state index in [1.807, 2.05) is 0 Å². The summed E-state index contributed by atoms with van der Waals surface area (Å²) < 4.78 is 29.8. The third kappa shape index (κ3) is 3.20. The maximum absolute atomic E-state index is 12.4. The molecule has 0 aromatic heterocycles. The number of nitro groups is 1. The smallest absolute Gasteiger partial charge is 0.339 e. The molecule has 7 nitrogen and oxygen atoms in total. The van der Waals surface area contributed by atoms with Crippen LogP contribution in [0.1, 0.15) is 10.4 Å². The van der Waals surface area contributed by atoms with E-state index in [-0.39, 0.29) is 21.9 Å². The van der Waals surface area contributed by atoms with Gasteiger partial charge >= 0.3 is 10.1 Å². The fourth-order valence-corrected chi connectivity index (χ4v) is 3.32. The van der Waals surface area contributed by atoms with Gasteiger partial charge in [0, 0.05) is 12.1 Å². The van der Waals surface area contributed by atoms with E-state index >= 15 is 0 Å². The van der Waals surface area contributed by atoms with Crippen LogP contribution in [-0.4, -0.2) is 19.6 Å². The molecule has 0 aliphatic rings. The summed E-state index contributed by atoms with van der Waals surface area (Å²) in [4.78, 5) is 21.2. The van der Waals surface area contributed by atoms with Crippen LogP contribution in [0.15, 0.2) is 65.6 Å². The first-order valence-electron chi connectivity index (χ1n) is 7.08. The van der Waals surface area contributed by atoms with Gasteiger partial charge in [0.2, 0.25) is 0 Å². The first kappa shape index (κ1) is 16.6. The molecule has 0 heterocycles. The molecular weight excluding hydrogens is 346 g/mol. The minimum Gasteiger partial charge on any atom is -0.378 e. The molecule has 0 aliphatic heterocycles. The molecule has 0 unspecified atom stereocenters. The fraction of sp³-hybridized carbons (Fsp3) is 0. The third-order valence-corrected chi connectivity index (χ3v) is 4.83. The Morgan fingerprint density at radius 2 is 1.64 bits per heavy atom. The van der Waals surface area contributed by atoms with Crippen LogP contribution in [0.4, 0.5) is 5.69 Å². The summed E-state index contributed by atoms with van der Waals surface area (Å²) >= 11 is 0. The lowest BCUT2D eigenvalue weighted by Gasteiger charge is -2.10. The Labute approximate surface area is 142 Å². The van der Waals surface area contributed by atoms with E-state index in [4.69, 9.17) is 4.18 Å². The Bertz CT molecular complexity index is 1070. The van der Waals surface area contributed by atoms with Crippen molar-refractivity contribution in [3.8, 4) is 5.75 Å². The number of nitro benzene ring substituents is 1. The van der Waals surface area contributed by atoms with E-state index in [2.05, 4.69) is 0 Å². The summed E-state index contributed by atoms with van der Waals surface area (Å²) in [5.41, 5.74) is -0.123.